The molecule has 0 atom stereocenters. The monoisotopic (exact) mass is 314 g/mol. The normalized spacial score (nSPS) is 11.5. The average molecular weight is 314 g/mol. The van der Waals surface area contributed by atoms with Crippen LogP contribution in [-0.2, 0) is 13.6 Å². The van der Waals surface area contributed by atoms with Crippen molar-refractivity contribution in [3.05, 3.63) is 28.8 Å². The lowest BCUT2D eigenvalue weighted by atomic mass is 10.0. The van der Waals surface area contributed by atoms with Gasteiger partial charge < -0.3 is 13.8 Å². The summed E-state index contributed by atoms with van der Waals surface area (Å²) in [6, 6.07) is 3.55. The summed E-state index contributed by atoms with van der Waals surface area (Å²) in [5.41, 5.74) is 2.16. The van der Waals surface area contributed by atoms with Crippen molar-refractivity contribution in [3.8, 4) is 5.75 Å². The average Bonchev–Trinajstić information content (AvgIpc) is 2.41. The van der Waals surface area contributed by atoms with Crippen LogP contribution in [0.2, 0.25) is 0 Å². The van der Waals surface area contributed by atoms with Gasteiger partial charge in [0, 0.05) is 5.56 Å². The molecule has 0 fully saturated rings. The lowest BCUT2D eigenvalue weighted by Gasteiger charge is -2.17. The molecule has 21 heavy (non-hydrogen) atoms. The maximum absolute atomic E-state index is 12.4. The number of hydrogen-bond acceptors (Lipinski definition) is 5. The van der Waals surface area contributed by atoms with Gasteiger partial charge in [0.25, 0.3) is 0 Å². The van der Waals surface area contributed by atoms with Crippen LogP contribution >= 0.6 is 7.60 Å². The van der Waals surface area contributed by atoms with Gasteiger partial charge in [-0.1, -0.05) is 0 Å². The third-order valence-electron chi connectivity index (χ3n) is 3.03. The molecule has 0 N–H and O–H groups in total. The summed E-state index contributed by atoms with van der Waals surface area (Å²) in [5, 5.41) is 0. The number of hydrogen-bond donors (Lipinski definition) is 0. The van der Waals surface area contributed by atoms with E-state index in [2.05, 4.69) is 0 Å². The minimum absolute atomic E-state index is 0.241. The van der Waals surface area contributed by atoms with Crippen molar-refractivity contribution in [3.63, 3.8) is 0 Å². The Morgan fingerprint density at radius 1 is 1.10 bits per heavy atom. The van der Waals surface area contributed by atoms with Crippen molar-refractivity contribution in [2.45, 2.75) is 27.7 Å². The van der Waals surface area contributed by atoms with Crippen LogP contribution < -0.4 is 4.74 Å². The molecule has 0 bridgehead atoms. The first-order chi connectivity index (χ1) is 9.86. The maximum Gasteiger partial charge on any atom is 0.338 e. The summed E-state index contributed by atoms with van der Waals surface area (Å²) in [5.74, 6) is 0.477. The van der Waals surface area contributed by atoms with E-state index in [-0.39, 0.29) is 25.2 Å². The van der Waals surface area contributed by atoms with E-state index < -0.39 is 7.60 Å². The Bertz CT molecular complexity index is 543. The summed E-state index contributed by atoms with van der Waals surface area (Å²) < 4.78 is 28.0. The highest BCUT2D eigenvalue weighted by molar-refractivity contribution is 7.54. The highest BCUT2D eigenvalue weighted by Crippen LogP contribution is 2.48. The quantitative estimate of drug-likeness (QED) is 0.540. The zero-order valence-corrected chi connectivity index (χ0v) is 14.2. The molecule has 0 unspecified atom stereocenters. The second kappa shape index (κ2) is 7.74. The molecule has 1 aromatic rings. The molecule has 118 valence electrons. The molecule has 0 radical (unpaired) electrons. The van der Waals surface area contributed by atoms with Gasteiger partial charge in [0.05, 0.1) is 20.3 Å². The Kier molecular flexibility index (Phi) is 6.59. The molecule has 0 aliphatic heterocycles. The number of benzene rings is 1. The fourth-order valence-electron chi connectivity index (χ4n) is 2.09. The summed E-state index contributed by atoms with van der Waals surface area (Å²) in [6.45, 7) is 7.61. The molecule has 0 aliphatic rings. The number of carbonyl (C=O) groups excluding carboxylic acids is 1. The van der Waals surface area contributed by atoms with Gasteiger partial charge in [-0.05, 0) is 51.0 Å². The van der Waals surface area contributed by atoms with Crippen LogP contribution in [0.5, 0.6) is 5.75 Å². The van der Waals surface area contributed by atoms with Gasteiger partial charge in [-0.15, -0.1) is 0 Å². The number of aryl methyl sites for hydroxylation is 2. The molecule has 0 aromatic heterocycles. The lowest BCUT2D eigenvalue weighted by molar-refractivity contribution is 0.100. The highest BCUT2D eigenvalue weighted by atomic mass is 31.2. The SMILES string of the molecule is CCOP(=O)(CC(=O)c1cc(C)c(OC)cc1C)OCC. The molecular weight excluding hydrogens is 291 g/mol. The minimum atomic E-state index is -3.38. The molecule has 1 rings (SSSR count). The second-order valence-corrected chi connectivity index (χ2v) is 6.72. The predicted molar refractivity (Wildman–Crippen MR) is 82.5 cm³/mol. The summed E-state index contributed by atoms with van der Waals surface area (Å²) in [7, 11) is -1.79. The fraction of sp³-hybridized carbons (Fsp3) is 0.533. The van der Waals surface area contributed by atoms with E-state index in [4.69, 9.17) is 13.8 Å². The van der Waals surface area contributed by atoms with Crippen LogP contribution in [0, 0.1) is 13.8 Å². The zero-order chi connectivity index (χ0) is 16.0. The third kappa shape index (κ3) is 4.67. The van der Waals surface area contributed by atoms with Gasteiger partial charge >= 0.3 is 7.60 Å². The van der Waals surface area contributed by atoms with Crippen molar-refractivity contribution >= 4 is 13.4 Å². The lowest BCUT2D eigenvalue weighted by Crippen LogP contribution is -2.12. The molecular formula is C15H23O5P. The van der Waals surface area contributed by atoms with Crippen LogP contribution in [0.3, 0.4) is 0 Å². The topological polar surface area (TPSA) is 61.8 Å². The smallest absolute Gasteiger partial charge is 0.338 e. The first kappa shape index (κ1) is 17.9. The standard InChI is InChI=1S/C15H23O5P/c1-6-19-21(17,20-7-2)10-14(16)13-8-12(4)15(18-5)9-11(13)3/h8-9H,6-7,10H2,1-5H3. The molecule has 0 saturated heterocycles. The van der Waals surface area contributed by atoms with Gasteiger partial charge in [-0.2, -0.15) is 0 Å². The fourth-order valence-corrected chi connectivity index (χ4v) is 3.66. The van der Waals surface area contributed by atoms with Crippen molar-refractivity contribution in [2.24, 2.45) is 0 Å². The van der Waals surface area contributed by atoms with Crippen LogP contribution in [0.15, 0.2) is 12.1 Å². The van der Waals surface area contributed by atoms with E-state index in [0.717, 1.165) is 16.9 Å². The first-order valence-corrected chi connectivity index (χ1v) is 8.66. The summed E-state index contributed by atoms with van der Waals surface area (Å²) in [4.78, 5) is 12.4. The maximum atomic E-state index is 12.4. The Hall–Kier alpha value is -1.16. The number of carbonyl (C=O) groups is 1. The van der Waals surface area contributed by atoms with E-state index in [1.165, 1.54) is 0 Å². The van der Waals surface area contributed by atoms with Crippen molar-refractivity contribution < 1.29 is 23.1 Å². The van der Waals surface area contributed by atoms with Crippen LogP contribution in [0.1, 0.15) is 35.3 Å². The molecule has 5 nitrogen and oxygen atoms in total. The highest BCUT2D eigenvalue weighted by Gasteiger charge is 2.29. The third-order valence-corrected chi connectivity index (χ3v) is 5.01. The van der Waals surface area contributed by atoms with Gasteiger partial charge in [-0.25, -0.2) is 0 Å². The summed E-state index contributed by atoms with van der Waals surface area (Å²) in [6.07, 6.45) is -0.249. The minimum Gasteiger partial charge on any atom is -0.496 e. The van der Waals surface area contributed by atoms with Crippen LogP contribution in [0.4, 0.5) is 0 Å². The second-order valence-electron chi connectivity index (χ2n) is 4.66. The van der Waals surface area contributed by atoms with Gasteiger partial charge in [0.2, 0.25) is 0 Å². The largest absolute Gasteiger partial charge is 0.496 e. The molecule has 6 heteroatoms. The van der Waals surface area contributed by atoms with Crippen LogP contribution in [0.25, 0.3) is 0 Å². The van der Waals surface area contributed by atoms with Gasteiger partial charge in [-0.3, -0.25) is 9.36 Å². The van der Waals surface area contributed by atoms with E-state index in [1.807, 2.05) is 13.8 Å². The molecule has 0 aliphatic carbocycles. The Morgan fingerprint density at radius 2 is 1.67 bits per heavy atom. The zero-order valence-electron chi connectivity index (χ0n) is 13.3. The molecule has 0 spiro atoms. The van der Waals surface area contributed by atoms with Crippen LogP contribution in [-0.4, -0.2) is 32.3 Å². The number of Topliss-reactive ketones (excluding diaryl/α,β-unsaturated/α-hetero) is 1. The number of ether oxygens (including phenoxy) is 1. The number of ketones is 1. The number of rotatable bonds is 8. The Labute approximate surface area is 126 Å². The Morgan fingerprint density at radius 3 is 2.14 bits per heavy atom. The van der Waals surface area contributed by atoms with Gasteiger partial charge in [0.1, 0.15) is 11.9 Å². The van der Waals surface area contributed by atoms with E-state index >= 15 is 0 Å². The molecule has 0 saturated carbocycles. The molecule has 0 amide bonds. The molecule has 0 heterocycles. The van der Waals surface area contributed by atoms with Crippen molar-refractivity contribution in [1.29, 1.82) is 0 Å². The van der Waals surface area contributed by atoms with Crippen molar-refractivity contribution in [1.82, 2.24) is 0 Å². The van der Waals surface area contributed by atoms with E-state index in [1.54, 1.807) is 33.1 Å². The predicted octanol–water partition coefficient (Wildman–Crippen LogP) is 3.76. The van der Waals surface area contributed by atoms with E-state index in [0.29, 0.717) is 5.56 Å². The van der Waals surface area contributed by atoms with Gasteiger partial charge in [0.15, 0.2) is 5.78 Å². The summed E-state index contributed by atoms with van der Waals surface area (Å²) >= 11 is 0. The first-order valence-electron chi connectivity index (χ1n) is 6.93. The Balaban J connectivity index is 3.03. The van der Waals surface area contributed by atoms with Crippen molar-refractivity contribution in [2.75, 3.05) is 26.5 Å². The molecule has 1 aromatic carbocycles. The van der Waals surface area contributed by atoms with E-state index in [9.17, 15) is 9.36 Å². The number of methoxy groups -OCH3 is 1.